The van der Waals surface area contributed by atoms with Crippen molar-refractivity contribution in [2.75, 3.05) is 25.0 Å². The predicted molar refractivity (Wildman–Crippen MR) is 75.0 cm³/mol. The Balaban J connectivity index is 1.87. The minimum Gasteiger partial charge on any atom is -0.376 e. The molecular weight excluding hydrogens is 295 g/mol. The molecule has 1 heterocycles. The molecule has 1 aromatic carbocycles. The fourth-order valence-electron chi connectivity index (χ4n) is 2.42. The van der Waals surface area contributed by atoms with Gasteiger partial charge in [-0.3, -0.25) is 4.79 Å². The van der Waals surface area contributed by atoms with Gasteiger partial charge in [-0.1, -0.05) is 0 Å². The van der Waals surface area contributed by atoms with Crippen LogP contribution in [0.5, 0.6) is 0 Å². The molecule has 1 aromatic rings. The Kier molecular flexibility index (Phi) is 4.91. The summed E-state index contributed by atoms with van der Waals surface area (Å²) in [6, 6.07) is 8.50. The second-order valence-corrected chi connectivity index (χ2v) is 5.26. The molecule has 7 heteroatoms. The standard InChI is InChI=1S/C15H16F3N3O/c16-15(17,18)12-2-1-7-21(10-12)14(22)9-20-13-5-3-11(8-19)4-6-13/h3-6,12,20H,1-2,7,9-10H2/t12-/m1/s1. The second-order valence-electron chi connectivity index (χ2n) is 5.26. The molecule has 1 saturated heterocycles. The van der Waals surface area contributed by atoms with Crippen LogP contribution >= 0.6 is 0 Å². The van der Waals surface area contributed by atoms with Gasteiger partial charge in [0.15, 0.2) is 0 Å². The van der Waals surface area contributed by atoms with Crippen LogP contribution in [-0.4, -0.2) is 36.6 Å². The number of hydrogen-bond donors (Lipinski definition) is 1. The SMILES string of the molecule is N#Cc1ccc(NCC(=O)N2CCC[C@@H](C(F)(F)F)C2)cc1. The third kappa shape index (κ3) is 4.13. The van der Waals surface area contributed by atoms with Gasteiger partial charge >= 0.3 is 6.18 Å². The van der Waals surface area contributed by atoms with E-state index in [1.807, 2.05) is 6.07 Å². The lowest BCUT2D eigenvalue weighted by atomic mass is 9.97. The van der Waals surface area contributed by atoms with Crippen molar-refractivity contribution >= 4 is 11.6 Å². The summed E-state index contributed by atoms with van der Waals surface area (Å²) in [5.41, 5.74) is 1.15. The number of carbonyl (C=O) groups excluding carboxylic acids is 1. The van der Waals surface area contributed by atoms with Crippen LogP contribution in [0.4, 0.5) is 18.9 Å². The molecule has 1 atom stereocenters. The van der Waals surface area contributed by atoms with Gasteiger partial charge in [-0.15, -0.1) is 0 Å². The average Bonchev–Trinajstić information content (AvgIpc) is 2.52. The first-order chi connectivity index (χ1) is 10.4. The van der Waals surface area contributed by atoms with Crippen LogP contribution in [0.15, 0.2) is 24.3 Å². The Morgan fingerprint density at radius 3 is 2.64 bits per heavy atom. The van der Waals surface area contributed by atoms with Crippen LogP contribution in [0, 0.1) is 17.2 Å². The van der Waals surface area contributed by atoms with Crippen LogP contribution in [0.1, 0.15) is 18.4 Å². The topological polar surface area (TPSA) is 56.1 Å². The average molecular weight is 311 g/mol. The molecule has 1 fully saturated rings. The van der Waals surface area contributed by atoms with Crippen molar-refractivity contribution in [3.05, 3.63) is 29.8 Å². The fraction of sp³-hybridized carbons (Fsp3) is 0.467. The number of amides is 1. The van der Waals surface area contributed by atoms with Gasteiger partial charge in [-0.25, -0.2) is 0 Å². The number of rotatable bonds is 3. The van der Waals surface area contributed by atoms with Gasteiger partial charge in [-0.2, -0.15) is 18.4 Å². The van der Waals surface area contributed by atoms with Crippen molar-refractivity contribution in [2.24, 2.45) is 5.92 Å². The van der Waals surface area contributed by atoms with Crippen LogP contribution in [0.2, 0.25) is 0 Å². The molecule has 22 heavy (non-hydrogen) atoms. The highest BCUT2D eigenvalue weighted by Gasteiger charge is 2.42. The van der Waals surface area contributed by atoms with E-state index in [1.165, 1.54) is 4.90 Å². The second kappa shape index (κ2) is 6.69. The van der Waals surface area contributed by atoms with Gasteiger partial charge in [-0.05, 0) is 37.1 Å². The molecule has 0 aliphatic carbocycles. The van der Waals surface area contributed by atoms with E-state index >= 15 is 0 Å². The first kappa shape index (κ1) is 16.1. The number of nitrogens with one attached hydrogen (secondary N) is 1. The molecule has 0 aromatic heterocycles. The number of likely N-dealkylation sites (tertiary alicyclic amines) is 1. The number of benzene rings is 1. The number of hydrogen-bond acceptors (Lipinski definition) is 3. The predicted octanol–water partition coefficient (Wildman–Crippen LogP) is 2.77. The molecule has 2 rings (SSSR count). The van der Waals surface area contributed by atoms with Crippen molar-refractivity contribution in [1.29, 1.82) is 5.26 Å². The Morgan fingerprint density at radius 2 is 2.05 bits per heavy atom. The summed E-state index contributed by atoms with van der Waals surface area (Å²) >= 11 is 0. The van der Waals surface area contributed by atoms with E-state index in [-0.39, 0.29) is 25.4 Å². The Bertz CT molecular complexity index is 563. The number of piperidine rings is 1. The van der Waals surface area contributed by atoms with Crippen LogP contribution < -0.4 is 5.32 Å². The monoisotopic (exact) mass is 311 g/mol. The van der Waals surface area contributed by atoms with Gasteiger partial charge < -0.3 is 10.2 Å². The van der Waals surface area contributed by atoms with Crippen molar-refractivity contribution in [1.82, 2.24) is 4.90 Å². The summed E-state index contributed by atoms with van der Waals surface area (Å²) in [7, 11) is 0. The number of carbonyl (C=O) groups is 1. The highest BCUT2D eigenvalue weighted by molar-refractivity contribution is 5.81. The lowest BCUT2D eigenvalue weighted by Crippen LogP contribution is -2.46. The molecule has 0 spiro atoms. The zero-order valence-electron chi connectivity index (χ0n) is 11.9. The highest BCUT2D eigenvalue weighted by Crippen LogP contribution is 2.33. The lowest BCUT2D eigenvalue weighted by molar-refractivity contribution is -0.187. The molecule has 1 aliphatic rings. The number of halogens is 3. The largest absolute Gasteiger partial charge is 0.393 e. The van der Waals surface area contributed by atoms with E-state index in [4.69, 9.17) is 5.26 Å². The van der Waals surface area contributed by atoms with Crippen molar-refractivity contribution in [3.63, 3.8) is 0 Å². The molecule has 1 amide bonds. The molecule has 118 valence electrons. The highest BCUT2D eigenvalue weighted by atomic mass is 19.4. The third-order valence-corrected chi connectivity index (χ3v) is 3.69. The normalized spacial score (nSPS) is 18.6. The molecule has 0 unspecified atom stereocenters. The minimum absolute atomic E-state index is 0.0591. The summed E-state index contributed by atoms with van der Waals surface area (Å²) in [5, 5.41) is 11.5. The van der Waals surface area contributed by atoms with Gasteiger partial charge in [0, 0.05) is 18.8 Å². The Morgan fingerprint density at radius 1 is 1.36 bits per heavy atom. The zero-order chi connectivity index (χ0) is 16.2. The summed E-state index contributed by atoms with van der Waals surface area (Å²) in [6.07, 6.45) is -3.80. The van der Waals surface area contributed by atoms with E-state index in [0.29, 0.717) is 24.2 Å². The molecule has 0 saturated carbocycles. The first-order valence-corrected chi connectivity index (χ1v) is 6.98. The third-order valence-electron chi connectivity index (χ3n) is 3.69. The van der Waals surface area contributed by atoms with E-state index < -0.39 is 12.1 Å². The molecule has 1 aliphatic heterocycles. The van der Waals surface area contributed by atoms with E-state index in [1.54, 1.807) is 24.3 Å². The maximum absolute atomic E-state index is 12.7. The van der Waals surface area contributed by atoms with Gasteiger partial charge in [0.05, 0.1) is 24.1 Å². The van der Waals surface area contributed by atoms with Crippen molar-refractivity contribution in [2.45, 2.75) is 19.0 Å². The Labute approximate surface area is 126 Å². The maximum atomic E-state index is 12.7. The van der Waals surface area contributed by atoms with Crippen molar-refractivity contribution in [3.8, 4) is 6.07 Å². The first-order valence-electron chi connectivity index (χ1n) is 6.98. The fourth-order valence-corrected chi connectivity index (χ4v) is 2.42. The quantitative estimate of drug-likeness (QED) is 0.934. The van der Waals surface area contributed by atoms with Crippen LogP contribution in [-0.2, 0) is 4.79 Å². The summed E-state index contributed by atoms with van der Waals surface area (Å²) in [5.74, 6) is -1.78. The number of anilines is 1. The van der Waals surface area contributed by atoms with Gasteiger partial charge in [0.1, 0.15) is 0 Å². The maximum Gasteiger partial charge on any atom is 0.393 e. The molecular formula is C15H16F3N3O. The molecule has 1 N–H and O–H groups in total. The summed E-state index contributed by atoms with van der Waals surface area (Å²) in [4.78, 5) is 13.3. The van der Waals surface area contributed by atoms with Gasteiger partial charge in [0.25, 0.3) is 0 Å². The van der Waals surface area contributed by atoms with Crippen molar-refractivity contribution < 1.29 is 18.0 Å². The molecule has 0 bridgehead atoms. The number of nitriles is 1. The van der Waals surface area contributed by atoms with Crippen LogP contribution in [0.3, 0.4) is 0 Å². The lowest BCUT2D eigenvalue weighted by Gasteiger charge is -2.33. The van der Waals surface area contributed by atoms with Crippen LogP contribution in [0.25, 0.3) is 0 Å². The Hall–Kier alpha value is -2.23. The smallest absolute Gasteiger partial charge is 0.376 e. The van der Waals surface area contributed by atoms with E-state index in [2.05, 4.69) is 5.32 Å². The minimum atomic E-state index is -4.25. The zero-order valence-corrected chi connectivity index (χ0v) is 11.9. The number of nitrogens with zero attached hydrogens (tertiary/aromatic N) is 2. The number of alkyl halides is 3. The summed E-state index contributed by atoms with van der Waals surface area (Å²) in [6.45, 7) is 0.0360. The van der Waals surface area contributed by atoms with E-state index in [9.17, 15) is 18.0 Å². The summed E-state index contributed by atoms with van der Waals surface area (Å²) < 4.78 is 38.2. The molecule has 4 nitrogen and oxygen atoms in total. The van der Waals surface area contributed by atoms with Gasteiger partial charge in [0.2, 0.25) is 5.91 Å². The van der Waals surface area contributed by atoms with E-state index in [0.717, 1.165) is 0 Å². The molecule has 0 radical (unpaired) electrons.